The molecule has 2 aliphatic carbocycles. The van der Waals surface area contributed by atoms with E-state index in [1.807, 2.05) is 48.5 Å². The van der Waals surface area contributed by atoms with E-state index in [9.17, 15) is 14.4 Å². The number of fused-ring (bicyclic) bond motifs is 6. The molecule has 0 radical (unpaired) electrons. The fourth-order valence-corrected chi connectivity index (χ4v) is 6.42. The van der Waals surface area contributed by atoms with Crippen LogP contribution in [0.25, 0.3) is 22.3 Å². The first kappa shape index (κ1) is 28.4. The minimum Gasteiger partial charge on any atom is -0.465 e. The average Bonchev–Trinajstić information content (AvgIpc) is 3.53. The van der Waals surface area contributed by atoms with Crippen LogP contribution in [0.1, 0.15) is 60.8 Å². The van der Waals surface area contributed by atoms with Gasteiger partial charge >= 0.3 is 12.1 Å². The number of Topliss-reactive ketones (excluding diaryl/α,β-unsaturated/α-hetero) is 1. The molecule has 0 heterocycles. The lowest BCUT2D eigenvalue weighted by molar-refractivity contribution is -0.144. The molecule has 0 aliphatic heterocycles. The van der Waals surface area contributed by atoms with Gasteiger partial charge < -0.3 is 14.8 Å². The molecule has 1 atom stereocenters. The summed E-state index contributed by atoms with van der Waals surface area (Å²) >= 11 is 0. The molecule has 6 heteroatoms. The molecule has 4 aromatic rings. The van der Waals surface area contributed by atoms with Crippen LogP contribution in [0.15, 0.2) is 97.1 Å². The first-order chi connectivity index (χ1) is 20.9. The monoisotopic (exact) mass is 573 g/mol. The van der Waals surface area contributed by atoms with Crippen molar-refractivity contribution in [2.24, 2.45) is 5.92 Å². The summed E-state index contributed by atoms with van der Waals surface area (Å²) in [6, 6.07) is 31.7. The molecule has 6 rings (SSSR count). The molecule has 0 aromatic heterocycles. The maximum atomic E-state index is 13.0. The zero-order valence-electron chi connectivity index (χ0n) is 24.4. The first-order valence-electron chi connectivity index (χ1n) is 14.9. The van der Waals surface area contributed by atoms with Crippen LogP contribution in [0, 0.1) is 5.92 Å². The molecule has 4 aromatic carbocycles. The molecule has 1 unspecified atom stereocenters. The molecule has 0 saturated heterocycles. The molecule has 218 valence electrons. The number of esters is 1. The van der Waals surface area contributed by atoms with Crippen molar-refractivity contribution in [2.45, 2.75) is 44.6 Å². The topological polar surface area (TPSA) is 81.7 Å². The van der Waals surface area contributed by atoms with E-state index in [1.54, 1.807) is 13.8 Å². The predicted molar refractivity (Wildman–Crippen MR) is 166 cm³/mol. The van der Waals surface area contributed by atoms with Crippen molar-refractivity contribution in [3.8, 4) is 22.3 Å². The van der Waals surface area contributed by atoms with E-state index in [-0.39, 0.29) is 49.6 Å². The molecule has 2 aliphatic rings. The molecule has 0 fully saturated rings. The number of nitrogens with one attached hydrogen (secondary N) is 1. The highest BCUT2D eigenvalue weighted by Gasteiger charge is 2.31. The Hall–Kier alpha value is -4.71. The van der Waals surface area contributed by atoms with Crippen LogP contribution in [-0.2, 0) is 19.1 Å². The van der Waals surface area contributed by atoms with Gasteiger partial charge in [-0.2, -0.15) is 0 Å². The largest absolute Gasteiger partial charge is 0.465 e. The van der Waals surface area contributed by atoms with Crippen molar-refractivity contribution < 1.29 is 23.9 Å². The van der Waals surface area contributed by atoms with Crippen LogP contribution in [0.3, 0.4) is 0 Å². The minimum atomic E-state index is -0.851. The molecule has 43 heavy (non-hydrogen) atoms. The molecule has 0 saturated carbocycles. The molecule has 0 bridgehead atoms. The van der Waals surface area contributed by atoms with Crippen LogP contribution in [0.5, 0.6) is 0 Å². The highest BCUT2D eigenvalue weighted by atomic mass is 16.5. The van der Waals surface area contributed by atoms with E-state index in [4.69, 9.17) is 9.47 Å². The molecule has 6 nitrogen and oxygen atoms in total. The lowest BCUT2D eigenvalue weighted by Gasteiger charge is -2.21. The number of hydrogen-bond donors (Lipinski definition) is 1. The second-order valence-corrected chi connectivity index (χ2v) is 11.5. The Labute approximate surface area is 252 Å². The number of ether oxygens (including phenoxy) is 2. The van der Waals surface area contributed by atoms with Gasteiger partial charge in [0.15, 0.2) is 5.78 Å². The zero-order chi connectivity index (χ0) is 29.9. The quantitative estimate of drug-likeness (QED) is 0.202. The Balaban J connectivity index is 1.06. The predicted octanol–water partition coefficient (Wildman–Crippen LogP) is 7.25. The number of alkyl carbamates (subject to hydrolysis) is 1. The summed E-state index contributed by atoms with van der Waals surface area (Å²) in [7, 11) is 0. The van der Waals surface area contributed by atoms with Crippen LogP contribution >= 0.6 is 0 Å². The molecule has 1 amide bonds. The summed E-state index contributed by atoms with van der Waals surface area (Å²) in [4.78, 5) is 38.8. The zero-order valence-corrected chi connectivity index (χ0v) is 24.4. The van der Waals surface area contributed by atoms with Gasteiger partial charge in [-0.1, -0.05) is 111 Å². The number of amides is 1. The SMILES string of the molecule is CC(C)C(=O)C(CCC(=O)OCC1c2ccccc2-c2ccccc21)NC(=O)OCC1c2ccccc2-c2ccccc21. The summed E-state index contributed by atoms with van der Waals surface area (Å²) < 4.78 is 11.4. The lowest BCUT2D eigenvalue weighted by Crippen LogP contribution is -2.43. The van der Waals surface area contributed by atoms with Gasteiger partial charge in [-0.25, -0.2) is 4.79 Å². The number of rotatable bonds is 10. The standard InChI is InChI=1S/C37H35NO5/c1-23(2)36(40)34(38-37(41)43-22-33-30-17-9-5-13-26(30)27-14-6-10-18-31(27)33)19-20-35(39)42-21-32-28-15-7-3-11-24(28)25-12-4-8-16-29(25)32/h3-18,23,32-34H,19-22H2,1-2H3,(H,38,41). The minimum absolute atomic E-state index is 0.00277. The van der Waals surface area contributed by atoms with E-state index in [0.29, 0.717) is 0 Å². The fourth-order valence-electron chi connectivity index (χ4n) is 6.42. The Morgan fingerprint density at radius 2 is 1.02 bits per heavy atom. The van der Waals surface area contributed by atoms with Gasteiger partial charge in [0.25, 0.3) is 0 Å². The van der Waals surface area contributed by atoms with Gasteiger partial charge in [0.05, 0.1) is 6.04 Å². The van der Waals surface area contributed by atoms with Crippen molar-refractivity contribution in [2.75, 3.05) is 13.2 Å². The summed E-state index contributed by atoms with van der Waals surface area (Å²) in [6.07, 6.45) is -0.533. The molecular formula is C37H35NO5. The molecule has 1 N–H and O–H groups in total. The van der Waals surface area contributed by atoms with Crippen LogP contribution in [0.2, 0.25) is 0 Å². The van der Waals surface area contributed by atoms with Gasteiger partial charge in [0.2, 0.25) is 0 Å². The maximum absolute atomic E-state index is 13.0. The Bertz CT molecular complexity index is 1580. The summed E-state index contributed by atoms with van der Waals surface area (Å²) in [5.74, 6) is -0.999. The second kappa shape index (κ2) is 12.3. The van der Waals surface area contributed by atoms with Gasteiger partial charge in [0, 0.05) is 24.2 Å². The Kier molecular flexibility index (Phi) is 8.10. The Morgan fingerprint density at radius 3 is 1.44 bits per heavy atom. The number of benzene rings is 4. The third-order valence-corrected chi connectivity index (χ3v) is 8.56. The van der Waals surface area contributed by atoms with Gasteiger partial charge in [-0.15, -0.1) is 0 Å². The van der Waals surface area contributed by atoms with E-state index in [2.05, 4.69) is 53.8 Å². The maximum Gasteiger partial charge on any atom is 0.407 e. The number of carbonyl (C=O) groups is 3. The van der Waals surface area contributed by atoms with E-state index in [0.717, 1.165) is 44.5 Å². The van der Waals surface area contributed by atoms with Gasteiger partial charge in [-0.3, -0.25) is 9.59 Å². The summed E-state index contributed by atoms with van der Waals surface area (Å²) in [5.41, 5.74) is 9.11. The Morgan fingerprint density at radius 1 is 0.628 bits per heavy atom. The van der Waals surface area contributed by atoms with E-state index in [1.165, 1.54) is 0 Å². The average molecular weight is 574 g/mol. The summed E-state index contributed by atoms with van der Waals surface area (Å²) in [5, 5.41) is 2.73. The van der Waals surface area contributed by atoms with Crippen molar-refractivity contribution in [1.82, 2.24) is 5.32 Å². The highest BCUT2D eigenvalue weighted by Crippen LogP contribution is 2.45. The van der Waals surface area contributed by atoms with Crippen LogP contribution < -0.4 is 5.32 Å². The van der Waals surface area contributed by atoms with Crippen molar-refractivity contribution >= 4 is 17.8 Å². The summed E-state index contributed by atoms with van der Waals surface area (Å²) in [6.45, 7) is 3.92. The molecule has 0 spiro atoms. The van der Waals surface area contributed by atoms with E-state index < -0.39 is 18.1 Å². The van der Waals surface area contributed by atoms with Gasteiger partial charge in [-0.05, 0) is 50.9 Å². The number of ketones is 1. The fraction of sp³-hybridized carbons (Fsp3) is 0.270. The third-order valence-electron chi connectivity index (χ3n) is 8.56. The normalized spacial score (nSPS) is 13.9. The number of carbonyl (C=O) groups excluding carboxylic acids is 3. The van der Waals surface area contributed by atoms with Gasteiger partial charge in [0.1, 0.15) is 13.2 Å². The smallest absolute Gasteiger partial charge is 0.407 e. The van der Waals surface area contributed by atoms with Crippen molar-refractivity contribution in [3.63, 3.8) is 0 Å². The first-order valence-corrected chi connectivity index (χ1v) is 14.9. The van der Waals surface area contributed by atoms with Crippen molar-refractivity contribution in [3.05, 3.63) is 119 Å². The second-order valence-electron chi connectivity index (χ2n) is 11.5. The third kappa shape index (κ3) is 5.70. The van der Waals surface area contributed by atoms with Crippen molar-refractivity contribution in [1.29, 1.82) is 0 Å². The highest BCUT2D eigenvalue weighted by molar-refractivity contribution is 5.89. The molecular weight excluding hydrogens is 538 g/mol. The van der Waals surface area contributed by atoms with Crippen LogP contribution in [-0.4, -0.2) is 37.1 Å². The number of hydrogen-bond acceptors (Lipinski definition) is 5. The lowest BCUT2D eigenvalue weighted by atomic mass is 9.97. The van der Waals surface area contributed by atoms with Crippen LogP contribution in [0.4, 0.5) is 4.79 Å². The van der Waals surface area contributed by atoms with E-state index >= 15 is 0 Å².